The molecule has 2 aromatic rings. The molecule has 96 valence electrons. The van der Waals surface area contributed by atoms with Crippen LogP contribution in [0.25, 0.3) is 16.7 Å². The summed E-state index contributed by atoms with van der Waals surface area (Å²) in [5.41, 5.74) is 5.75. The Kier molecular flexibility index (Phi) is 4.30. The second-order valence-electron chi connectivity index (χ2n) is 4.57. The van der Waals surface area contributed by atoms with E-state index >= 15 is 0 Å². The van der Waals surface area contributed by atoms with Gasteiger partial charge in [0.2, 0.25) is 0 Å². The highest BCUT2D eigenvalue weighted by Crippen LogP contribution is 2.23. The molecule has 0 aliphatic rings. The van der Waals surface area contributed by atoms with Crippen molar-refractivity contribution in [3.63, 3.8) is 0 Å². The topological polar surface area (TPSA) is 12.9 Å². The minimum atomic E-state index is 0.981. The Morgan fingerprint density at radius 1 is 1.16 bits per heavy atom. The molecular formula is C18H19N. The summed E-state index contributed by atoms with van der Waals surface area (Å²) in [6.07, 6.45) is 6.86. The standard InChI is InChI=1S/C18H19N/c1-4-6-15(5-2)18-13-17(11-12-19-18)16-9-7-14(3)8-10-16/h5-13H,2,4H2,1,3H3/b15-6+. The fourth-order valence-corrected chi connectivity index (χ4v) is 2.03. The van der Waals surface area contributed by atoms with E-state index in [9.17, 15) is 0 Å². The van der Waals surface area contributed by atoms with E-state index in [-0.39, 0.29) is 0 Å². The van der Waals surface area contributed by atoms with Crippen molar-refractivity contribution in [3.8, 4) is 11.1 Å². The predicted octanol–water partition coefficient (Wildman–Crippen LogP) is 5.04. The highest BCUT2D eigenvalue weighted by atomic mass is 14.7. The van der Waals surface area contributed by atoms with E-state index in [1.54, 1.807) is 0 Å². The maximum atomic E-state index is 4.43. The molecule has 1 nitrogen and oxygen atoms in total. The third-order valence-electron chi connectivity index (χ3n) is 3.08. The maximum Gasteiger partial charge on any atom is 0.0704 e. The fourth-order valence-electron chi connectivity index (χ4n) is 2.03. The van der Waals surface area contributed by atoms with Gasteiger partial charge in [-0.25, -0.2) is 0 Å². The lowest BCUT2D eigenvalue weighted by Gasteiger charge is -2.06. The number of hydrogen-bond donors (Lipinski definition) is 0. The molecule has 0 aliphatic heterocycles. The first-order valence-electron chi connectivity index (χ1n) is 6.60. The predicted molar refractivity (Wildman–Crippen MR) is 82.9 cm³/mol. The quantitative estimate of drug-likeness (QED) is 0.692. The summed E-state index contributed by atoms with van der Waals surface area (Å²) < 4.78 is 0. The van der Waals surface area contributed by atoms with Gasteiger partial charge in [-0.1, -0.05) is 55.5 Å². The van der Waals surface area contributed by atoms with E-state index in [0.29, 0.717) is 0 Å². The van der Waals surface area contributed by atoms with E-state index < -0.39 is 0 Å². The first-order chi connectivity index (χ1) is 9.24. The molecule has 0 atom stereocenters. The van der Waals surface area contributed by atoms with Gasteiger partial charge in [-0.3, -0.25) is 4.98 Å². The van der Waals surface area contributed by atoms with Gasteiger partial charge in [0.05, 0.1) is 5.69 Å². The Bertz CT molecular complexity index is 591. The van der Waals surface area contributed by atoms with Gasteiger partial charge in [0.25, 0.3) is 0 Å². The summed E-state index contributed by atoms with van der Waals surface area (Å²) in [7, 11) is 0. The van der Waals surface area contributed by atoms with Gasteiger partial charge >= 0.3 is 0 Å². The number of hydrogen-bond acceptors (Lipinski definition) is 1. The summed E-state index contributed by atoms with van der Waals surface area (Å²) >= 11 is 0. The Hall–Kier alpha value is -2.15. The van der Waals surface area contributed by atoms with E-state index in [0.717, 1.165) is 17.7 Å². The average Bonchev–Trinajstić information content (AvgIpc) is 2.45. The average molecular weight is 249 g/mol. The van der Waals surface area contributed by atoms with Gasteiger partial charge in [-0.05, 0) is 42.2 Å². The van der Waals surface area contributed by atoms with Crippen molar-refractivity contribution < 1.29 is 0 Å². The Balaban J connectivity index is 2.41. The molecule has 1 aromatic heterocycles. The first-order valence-corrected chi connectivity index (χ1v) is 6.60. The molecule has 0 saturated carbocycles. The SMILES string of the molecule is C=C/C(=C\CC)c1cc(-c2ccc(C)cc2)ccn1. The lowest BCUT2D eigenvalue weighted by atomic mass is 10.0. The maximum absolute atomic E-state index is 4.43. The van der Waals surface area contributed by atoms with Crippen molar-refractivity contribution in [1.29, 1.82) is 0 Å². The van der Waals surface area contributed by atoms with Crippen LogP contribution >= 0.6 is 0 Å². The van der Waals surface area contributed by atoms with Crippen LogP contribution in [0.1, 0.15) is 24.6 Å². The smallest absolute Gasteiger partial charge is 0.0704 e. The van der Waals surface area contributed by atoms with Gasteiger partial charge in [-0.15, -0.1) is 0 Å². The van der Waals surface area contributed by atoms with Crippen LogP contribution in [0.3, 0.4) is 0 Å². The summed E-state index contributed by atoms with van der Waals surface area (Å²) in [5, 5.41) is 0. The molecular weight excluding hydrogens is 230 g/mol. The molecule has 2 rings (SSSR count). The molecule has 0 saturated heterocycles. The van der Waals surface area contributed by atoms with Crippen LogP contribution in [-0.2, 0) is 0 Å². The van der Waals surface area contributed by atoms with Gasteiger partial charge in [0.15, 0.2) is 0 Å². The molecule has 0 fully saturated rings. The molecule has 1 aromatic carbocycles. The zero-order chi connectivity index (χ0) is 13.7. The summed E-state index contributed by atoms with van der Waals surface area (Å²) in [6.45, 7) is 8.08. The zero-order valence-electron chi connectivity index (χ0n) is 11.6. The minimum absolute atomic E-state index is 0.981. The number of aromatic nitrogens is 1. The molecule has 0 spiro atoms. The molecule has 0 aliphatic carbocycles. The molecule has 0 bridgehead atoms. The number of pyridine rings is 1. The van der Waals surface area contributed by atoms with Gasteiger partial charge in [-0.2, -0.15) is 0 Å². The number of allylic oxidation sites excluding steroid dienone is 3. The number of nitrogens with zero attached hydrogens (tertiary/aromatic N) is 1. The molecule has 0 N–H and O–H groups in total. The highest BCUT2D eigenvalue weighted by Gasteiger charge is 2.02. The Labute approximate surface area is 115 Å². The molecule has 0 radical (unpaired) electrons. The summed E-state index contributed by atoms with van der Waals surface area (Å²) in [6, 6.07) is 12.7. The van der Waals surface area contributed by atoms with Crippen molar-refractivity contribution in [2.75, 3.05) is 0 Å². The molecule has 0 amide bonds. The van der Waals surface area contributed by atoms with Crippen LogP contribution in [0.15, 0.2) is 61.3 Å². The summed E-state index contributed by atoms with van der Waals surface area (Å²) in [4.78, 5) is 4.43. The first kappa shape index (κ1) is 13.3. The summed E-state index contributed by atoms with van der Waals surface area (Å²) in [5.74, 6) is 0. The molecule has 19 heavy (non-hydrogen) atoms. The van der Waals surface area contributed by atoms with E-state index in [1.807, 2.05) is 18.3 Å². The van der Waals surface area contributed by atoms with E-state index in [2.05, 4.69) is 61.8 Å². The van der Waals surface area contributed by atoms with Crippen LogP contribution in [0.2, 0.25) is 0 Å². The molecule has 1 heteroatoms. The number of aryl methyl sites for hydroxylation is 1. The third-order valence-corrected chi connectivity index (χ3v) is 3.08. The highest BCUT2D eigenvalue weighted by molar-refractivity contribution is 5.75. The number of benzene rings is 1. The molecule has 0 unspecified atom stereocenters. The van der Waals surface area contributed by atoms with Gasteiger partial charge in [0.1, 0.15) is 0 Å². The lowest BCUT2D eigenvalue weighted by molar-refractivity contribution is 1.21. The van der Waals surface area contributed by atoms with Crippen LogP contribution < -0.4 is 0 Å². The normalized spacial score (nSPS) is 11.4. The monoisotopic (exact) mass is 249 g/mol. The van der Waals surface area contributed by atoms with E-state index in [1.165, 1.54) is 16.7 Å². The fraction of sp³-hybridized carbons (Fsp3) is 0.167. The van der Waals surface area contributed by atoms with Crippen molar-refractivity contribution in [1.82, 2.24) is 4.98 Å². The van der Waals surface area contributed by atoms with Crippen LogP contribution in [0.5, 0.6) is 0 Å². The molecule has 1 heterocycles. The van der Waals surface area contributed by atoms with Crippen molar-refractivity contribution >= 4 is 5.57 Å². The van der Waals surface area contributed by atoms with Gasteiger partial charge in [0, 0.05) is 6.20 Å². The van der Waals surface area contributed by atoms with Crippen LogP contribution in [-0.4, -0.2) is 4.98 Å². The Morgan fingerprint density at radius 3 is 2.53 bits per heavy atom. The lowest BCUT2D eigenvalue weighted by Crippen LogP contribution is -1.88. The second kappa shape index (κ2) is 6.14. The van der Waals surface area contributed by atoms with Crippen molar-refractivity contribution in [2.24, 2.45) is 0 Å². The second-order valence-corrected chi connectivity index (χ2v) is 4.57. The van der Waals surface area contributed by atoms with Gasteiger partial charge < -0.3 is 0 Å². The third kappa shape index (κ3) is 3.19. The van der Waals surface area contributed by atoms with Crippen molar-refractivity contribution in [3.05, 3.63) is 72.6 Å². The number of rotatable bonds is 4. The van der Waals surface area contributed by atoms with Crippen LogP contribution in [0.4, 0.5) is 0 Å². The Morgan fingerprint density at radius 2 is 1.89 bits per heavy atom. The minimum Gasteiger partial charge on any atom is -0.256 e. The largest absolute Gasteiger partial charge is 0.256 e. The van der Waals surface area contributed by atoms with Crippen molar-refractivity contribution in [2.45, 2.75) is 20.3 Å². The van der Waals surface area contributed by atoms with Crippen LogP contribution in [0, 0.1) is 6.92 Å². The zero-order valence-corrected chi connectivity index (χ0v) is 11.6. The van der Waals surface area contributed by atoms with E-state index in [4.69, 9.17) is 0 Å².